The number of benzene rings is 1. The summed E-state index contributed by atoms with van der Waals surface area (Å²) in [6.45, 7) is 7.96. The number of aromatic nitrogens is 3. The molecule has 0 aliphatic carbocycles. The molecule has 3 rings (SSSR count). The summed E-state index contributed by atoms with van der Waals surface area (Å²) in [7, 11) is 0. The van der Waals surface area contributed by atoms with Gasteiger partial charge in [-0.2, -0.15) is 4.98 Å². The van der Waals surface area contributed by atoms with E-state index in [0.29, 0.717) is 17.5 Å². The maximum absolute atomic E-state index is 13.4. The van der Waals surface area contributed by atoms with E-state index >= 15 is 0 Å². The first kappa shape index (κ1) is 18.7. The van der Waals surface area contributed by atoms with E-state index in [-0.39, 0.29) is 11.4 Å². The molecule has 0 saturated heterocycles. The highest BCUT2D eigenvalue weighted by molar-refractivity contribution is 5.89. The number of aryl methyl sites for hydroxylation is 1. The Kier molecular flexibility index (Phi) is 5.05. The molecule has 0 spiro atoms. The van der Waals surface area contributed by atoms with Gasteiger partial charge in [-0.3, -0.25) is 4.98 Å². The lowest BCUT2D eigenvalue weighted by atomic mass is 9.99. The lowest BCUT2D eigenvalue weighted by molar-refractivity contribution is 0.626. The molecule has 0 fully saturated rings. The van der Waals surface area contributed by atoms with Crippen LogP contribution in [0.5, 0.6) is 0 Å². The van der Waals surface area contributed by atoms with E-state index < -0.39 is 0 Å². The van der Waals surface area contributed by atoms with Gasteiger partial charge >= 0.3 is 0 Å². The van der Waals surface area contributed by atoms with E-state index in [0.717, 1.165) is 22.4 Å². The van der Waals surface area contributed by atoms with Gasteiger partial charge < -0.3 is 10.7 Å². The molecule has 0 bridgehead atoms. The predicted molar refractivity (Wildman–Crippen MR) is 107 cm³/mol. The monoisotopic (exact) mass is 366 g/mol. The van der Waals surface area contributed by atoms with Crippen LogP contribution in [-0.4, -0.2) is 20.5 Å². The molecular formula is C20H23FN6. The van der Waals surface area contributed by atoms with E-state index in [1.165, 1.54) is 12.1 Å². The second kappa shape index (κ2) is 7.28. The number of nitrogens with zero attached hydrogens (tertiary/aromatic N) is 3. The number of hydrogen-bond donors (Lipinski definition) is 3. The third-order valence-electron chi connectivity index (χ3n) is 3.84. The summed E-state index contributed by atoms with van der Waals surface area (Å²) >= 11 is 0. The van der Waals surface area contributed by atoms with Crippen molar-refractivity contribution in [2.75, 3.05) is 10.7 Å². The van der Waals surface area contributed by atoms with Crippen molar-refractivity contribution in [3.63, 3.8) is 0 Å². The van der Waals surface area contributed by atoms with Gasteiger partial charge in [0.2, 0.25) is 5.95 Å². The molecule has 0 saturated carbocycles. The van der Waals surface area contributed by atoms with Crippen LogP contribution in [0.25, 0.3) is 22.4 Å². The van der Waals surface area contributed by atoms with Crippen LogP contribution in [-0.2, 0) is 0 Å². The van der Waals surface area contributed by atoms with E-state index in [9.17, 15) is 4.39 Å². The summed E-state index contributed by atoms with van der Waals surface area (Å²) in [6.07, 6.45) is 1.72. The van der Waals surface area contributed by atoms with Crippen molar-refractivity contribution < 1.29 is 4.39 Å². The predicted octanol–water partition coefficient (Wildman–Crippen LogP) is 4.15. The average molecular weight is 366 g/mol. The maximum Gasteiger partial charge on any atom is 0.225 e. The van der Waals surface area contributed by atoms with Crippen LogP contribution in [0.15, 0.2) is 42.6 Å². The Bertz CT molecular complexity index is 948. The molecule has 0 aliphatic heterocycles. The van der Waals surface area contributed by atoms with Gasteiger partial charge in [0.25, 0.3) is 0 Å². The minimum absolute atomic E-state index is 0.235. The zero-order chi connectivity index (χ0) is 19.6. The molecule has 4 N–H and O–H groups in total. The number of pyridine rings is 1. The minimum atomic E-state index is -0.306. The fraction of sp³-hybridized carbons (Fsp3) is 0.250. The van der Waals surface area contributed by atoms with Crippen molar-refractivity contribution in [2.24, 2.45) is 5.84 Å². The maximum atomic E-state index is 13.4. The van der Waals surface area contributed by atoms with Gasteiger partial charge in [-0.1, -0.05) is 0 Å². The zero-order valence-electron chi connectivity index (χ0n) is 15.8. The van der Waals surface area contributed by atoms with Crippen LogP contribution < -0.4 is 16.6 Å². The van der Waals surface area contributed by atoms with Crippen LogP contribution >= 0.6 is 0 Å². The summed E-state index contributed by atoms with van der Waals surface area (Å²) in [4.78, 5) is 13.5. The van der Waals surface area contributed by atoms with E-state index in [2.05, 4.69) is 20.7 Å². The zero-order valence-corrected chi connectivity index (χ0v) is 15.8. The van der Waals surface area contributed by atoms with E-state index in [4.69, 9.17) is 10.8 Å². The fourth-order valence-electron chi connectivity index (χ4n) is 2.75. The standard InChI is InChI=1S/C20H23FN6/c1-12-11-14(9-10-23-12)16-17(13-5-7-15(21)8-6-13)24-19(25-18(16)27-22)26-20(2,3)4/h5-11H,22H2,1-4H3,(H2,24,25,26,27). The van der Waals surface area contributed by atoms with Crippen molar-refractivity contribution in [2.45, 2.75) is 33.2 Å². The summed E-state index contributed by atoms with van der Waals surface area (Å²) < 4.78 is 13.4. The first-order valence-corrected chi connectivity index (χ1v) is 8.62. The number of halogens is 1. The molecule has 3 aromatic rings. The van der Waals surface area contributed by atoms with Gasteiger partial charge in [0.1, 0.15) is 5.82 Å². The average Bonchev–Trinajstić information content (AvgIpc) is 2.60. The quantitative estimate of drug-likeness (QED) is 0.475. The van der Waals surface area contributed by atoms with Crippen molar-refractivity contribution in [1.29, 1.82) is 0 Å². The number of nitrogens with two attached hydrogens (primary N) is 1. The molecule has 0 unspecified atom stereocenters. The van der Waals surface area contributed by atoms with Crippen molar-refractivity contribution in [1.82, 2.24) is 15.0 Å². The third kappa shape index (κ3) is 4.38. The molecule has 2 aromatic heterocycles. The number of rotatable bonds is 4. The molecular weight excluding hydrogens is 343 g/mol. The van der Waals surface area contributed by atoms with Crippen molar-refractivity contribution >= 4 is 11.8 Å². The molecule has 1 aromatic carbocycles. The van der Waals surface area contributed by atoms with Crippen LogP contribution in [0.3, 0.4) is 0 Å². The number of anilines is 2. The highest BCUT2D eigenvalue weighted by atomic mass is 19.1. The fourth-order valence-corrected chi connectivity index (χ4v) is 2.75. The second-order valence-corrected chi connectivity index (χ2v) is 7.33. The molecule has 0 amide bonds. The smallest absolute Gasteiger partial charge is 0.225 e. The van der Waals surface area contributed by atoms with Crippen LogP contribution in [0.4, 0.5) is 16.2 Å². The van der Waals surface area contributed by atoms with Gasteiger partial charge in [-0.25, -0.2) is 15.2 Å². The SMILES string of the molecule is Cc1cc(-c2c(NN)nc(NC(C)(C)C)nc2-c2ccc(F)cc2)ccn1. The lowest BCUT2D eigenvalue weighted by Crippen LogP contribution is -2.28. The highest BCUT2D eigenvalue weighted by Crippen LogP contribution is 2.36. The highest BCUT2D eigenvalue weighted by Gasteiger charge is 2.20. The second-order valence-electron chi connectivity index (χ2n) is 7.33. The Morgan fingerprint density at radius 2 is 1.70 bits per heavy atom. The number of hydrazine groups is 1. The molecule has 0 aliphatic rings. The Morgan fingerprint density at radius 3 is 2.30 bits per heavy atom. The first-order chi connectivity index (χ1) is 12.8. The van der Waals surface area contributed by atoms with E-state index in [1.54, 1.807) is 18.3 Å². The normalized spacial score (nSPS) is 11.3. The molecule has 0 atom stereocenters. The molecule has 2 heterocycles. The minimum Gasteiger partial charge on any atom is -0.350 e. The summed E-state index contributed by atoms with van der Waals surface area (Å²) in [6, 6.07) is 10.0. The summed E-state index contributed by atoms with van der Waals surface area (Å²) in [5.41, 5.74) is 6.31. The Hall–Kier alpha value is -3.06. The largest absolute Gasteiger partial charge is 0.350 e. The van der Waals surface area contributed by atoms with Crippen LogP contribution in [0.1, 0.15) is 26.5 Å². The molecule has 6 nitrogen and oxygen atoms in total. The Labute approximate surface area is 158 Å². The van der Waals surface area contributed by atoms with Crippen LogP contribution in [0, 0.1) is 12.7 Å². The first-order valence-electron chi connectivity index (χ1n) is 8.62. The third-order valence-corrected chi connectivity index (χ3v) is 3.84. The Balaban J connectivity index is 2.27. The number of nitrogen functional groups attached to an aromatic ring is 1. The number of hydrogen-bond acceptors (Lipinski definition) is 6. The van der Waals surface area contributed by atoms with Gasteiger partial charge in [0.05, 0.1) is 11.3 Å². The Morgan fingerprint density at radius 1 is 1.00 bits per heavy atom. The number of nitrogens with one attached hydrogen (secondary N) is 2. The molecule has 27 heavy (non-hydrogen) atoms. The molecule has 7 heteroatoms. The molecule has 140 valence electrons. The summed E-state index contributed by atoms with van der Waals surface area (Å²) in [5.74, 6) is 6.39. The van der Waals surface area contributed by atoms with Gasteiger partial charge in [-0.05, 0) is 69.7 Å². The van der Waals surface area contributed by atoms with Crippen molar-refractivity contribution in [3.05, 3.63) is 54.1 Å². The van der Waals surface area contributed by atoms with Gasteiger partial charge in [0, 0.05) is 23.0 Å². The lowest BCUT2D eigenvalue weighted by Gasteiger charge is -2.23. The van der Waals surface area contributed by atoms with Crippen LogP contribution in [0.2, 0.25) is 0 Å². The van der Waals surface area contributed by atoms with Crippen molar-refractivity contribution in [3.8, 4) is 22.4 Å². The molecule has 0 radical (unpaired) electrons. The van der Waals surface area contributed by atoms with E-state index in [1.807, 2.05) is 39.8 Å². The topological polar surface area (TPSA) is 88.8 Å². The van der Waals surface area contributed by atoms with Gasteiger partial charge in [0.15, 0.2) is 5.82 Å². The summed E-state index contributed by atoms with van der Waals surface area (Å²) in [5, 5.41) is 3.26. The van der Waals surface area contributed by atoms with Gasteiger partial charge in [-0.15, -0.1) is 0 Å².